The minimum absolute atomic E-state index is 0.323. The number of ether oxygens (including phenoxy) is 1. The predicted molar refractivity (Wildman–Crippen MR) is 109 cm³/mol. The lowest BCUT2D eigenvalue weighted by atomic mass is 10.1. The number of aromatic amines is 1. The zero-order valence-corrected chi connectivity index (χ0v) is 16.4. The molecular formula is C19H17N5O4S. The number of benzene rings is 1. The zero-order valence-electron chi connectivity index (χ0n) is 15.6. The lowest BCUT2D eigenvalue weighted by Gasteiger charge is -2.13. The molecule has 0 atom stereocenters. The number of rotatable bonds is 5. The zero-order chi connectivity index (χ0) is 20.6. The molecule has 0 fully saturated rings. The van der Waals surface area contributed by atoms with Crippen molar-refractivity contribution >= 4 is 21.2 Å². The topological polar surface area (TPSA) is 118 Å². The molecule has 0 bridgehead atoms. The van der Waals surface area contributed by atoms with Crippen molar-refractivity contribution in [1.82, 2.24) is 19.6 Å². The first-order valence-electron chi connectivity index (χ1n) is 8.57. The number of pyridine rings is 1. The van der Waals surface area contributed by atoms with Crippen LogP contribution in [-0.4, -0.2) is 34.3 Å². The molecule has 0 unspecified atom stereocenters. The van der Waals surface area contributed by atoms with Crippen LogP contribution in [0.1, 0.15) is 5.56 Å². The fourth-order valence-electron chi connectivity index (χ4n) is 3.10. The second-order valence-corrected chi connectivity index (χ2v) is 8.24. The number of nitrogens with zero attached hydrogens (tertiary/aromatic N) is 3. The summed E-state index contributed by atoms with van der Waals surface area (Å²) >= 11 is 0. The molecule has 0 saturated carbocycles. The third kappa shape index (κ3) is 3.83. The first kappa shape index (κ1) is 18.7. The van der Waals surface area contributed by atoms with Crippen molar-refractivity contribution in [3.05, 3.63) is 71.0 Å². The van der Waals surface area contributed by atoms with Crippen molar-refractivity contribution in [2.45, 2.75) is 6.92 Å². The van der Waals surface area contributed by atoms with E-state index in [0.717, 1.165) is 11.8 Å². The van der Waals surface area contributed by atoms with Crippen LogP contribution in [0.15, 0.2) is 59.9 Å². The van der Waals surface area contributed by atoms with Gasteiger partial charge in [0.15, 0.2) is 0 Å². The first-order chi connectivity index (χ1) is 13.8. The minimum Gasteiger partial charge on any atom is -0.455 e. The van der Waals surface area contributed by atoms with Crippen molar-refractivity contribution in [1.29, 1.82) is 0 Å². The van der Waals surface area contributed by atoms with Crippen LogP contribution in [0.2, 0.25) is 0 Å². The van der Waals surface area contributed by atoms with Gasteiger partial charge in [-0.15, -0.1) is 0 Å². The van der Waals surface area contributed by atoms with Crippen LogP contribution in [0.3, 0.4) is 0 Å². The Morgan fingerprint density at radius 2 is 2.03 bits per heavy atom. The summed E-state index contributed by atoms with van der Waals surface area (Å²) in [5, 5.41) is 6.29. The van der Waals surface area contributed by atoms with E-state index in [1.54, 1.807) is 47.1 Å². The van der Waals surface area contributed by atoms with Gasteiger partial charge in [-0.3, -0.25) is 18.9 Å². The summed E-state index contributed by atoms with van der Waals surface area (Å²) in [6.45, 7) is 1.81. The Morgan fingerprint density at radius 1 is 1.21 bits per heavy atom. The van der Waals surface area contributed by atoms with Gasteiger partial charge in [0.25, 0.3) is 5.56 Å². The lowest BCUT2D eigenvalue weighted by molar-refractivity contribution is 0.482. The Labute approximate surface area is 166 Å². The van der Waals surface area contributed by atoms with Crippen molar-refractivity contribution in [3.8, 4) is 22.8 Å². The molecule has 0 radical (unpaired) electrons. The van der Waals surface area contributed by atoms with E-state index in [1.807, 2.05) is 13.0 Å². The number of anilines is 1. The number of sulfonamides is 1. The molecule has 3 aromatic heterocycles. The van der Waals surface area contributed by atoms with E-state index in [0.29, 0.717) is 34.0 Å². The fourth-order valence-corrected chi connectivity index (χ4v) is 3.65. The summed E-state index contributed by atoms with van der Waals surface area (Å²) in [4.78, 5) is 16.2. The van der Waals surface area contributed by atoms with Crippen molar-refractivity contribution < 1.29 is 13.2 Å². The number of aromatic nitrogens is 4. The molecule has 3 heterocycles. The third-order valence-corrected chi connectivity index (χ3v) is 4.81. The van der Waals surface area contributed by atoms with Crippen LogP contribution in [-0.2, 0) is 10.0 Å². The van der Waals surface area contributed by atoms with Crippen LogP contribution in [0, 0.1) is 6.92 Å². The fraction of sp³-hybridized carbons (Fsp3) is 0.105. The molecule has 0 aliphatic carbocycles. The number of fused-ring (bicyclic) bond motifs is 1. The SMILES string of the molecule is Cc1cc(-c2cc(NS(C)(=O)=O)ccc2Oc2cccnc2)n2cn[nH]c(=O)c12. The number of hydrogen-bond acceptors (Lipinski definition) is 6. The highest BCUT2D eigenvalue weighted by molar-refractivity contribution is 7.92. The number of hydrogen-bond donors (Lipinski definition) is 2. The van der Waals surface area contributed by atoms with E-state index >= 15 is 0 Å². The number of H-pyrrole nitrogens is 1. The molecule has 0 spiro atoms. The minimum atomic E-state index is -3.47. The summed E-state index contributed by atoms with van der Waals surface area (Å²) < 4.78 is 33.4. The monoisotopic (exact) mass is 411 g/mol. The average molecular weight is 411 g/mol. The van der Waals surface area contributed by atoms with Gasteiger partial charge in [0, 0.05) is 17.4 Å². The highest BCUT2D eigenvalue weighted by Crippen LogP contribution is 2.37. The Morgan fingerprint density at radius 3 is 2.76 bits per heavy atom. The molecule has 4 rings (SSSR count). The van der Waals surface area contributed by atoms with E-state index in [4.69, 9.17) is 4.74 Å². The second kappa shape index (κ2) is 7.06. The third-order valence-electron chi connectivity index (χ3n) is 4.20. The van der Waals surface area contributed by atoms with Gasteiger partial charge in [-0.05, 0) is 48.9 Å². The van der Waals surface area contributed by atoms with Gasteiger partial charge in [-0.1, -0.05) is 0 Å². The van der Waals surface area contributed by atoms with Gasteiger partial charge in [-0.25, -0.2) is 13.5 Å². The maximum atomic E-state index is 12.2. The van der Waals surface area contributed by atoms with Gasteiger partial charge in [-0.2, -0.15) is 5.10 Å². The quantitative estimate of drug-likeness (QED) is 0.521. The average Bonchev–Trinajstić information content (AvgIpc) is 3.00. The van der Waals surface area contributed by atoms with E-state index in [2.05, 4.69) is 19.9 Å². The maximum absolute atomic E-state index is 12.2. The molecular weight excluding hydrogens is 394 g/mol. The Hall–Kier alpha value is -3.66. The lowest BCUT2D eigenvalue weighted by Crippen LogP contribution is -2.12. The van der Waals surface area contributed by atoms with Crippen LogP contribution in [0.4, 0.5) is 5.69 Å². The van der Waals surface area contributed by atoms with E-state index in [1.165, 1.54) is 6.33 Å². The molecule has 0 amide bonds. The summed E-state index contributed by atoms with van der Waals surface area (Å²) in [5.41, 5.74) is 2.45. The second-order valence-electron chi connectivity index (χ2n) is 6.49. The Kier molecular flexibility index (Phi) is 4.55. The predicted octanol–water partition coefficient (Wildman–Crippen LogP) is 2.56. The van der Waals surface area contributed by atoms with E-state index in [-0.39, 0.29) is 5.56 Å². The molecule has 4 aromatic rings. The van der Waals surface area contributed by atoms with E-state index < -0.39 is 10.0 Å². The van der Waals surface area contributed by atoms with Gasteiger partial charge in [0.05, 0.1) is 18.1 Å². The molecule has 0 aliphatic rings. The normalized spacial score (nSPS) is 11.5. The molecule has 1 aromatic carbocycles. The first-order valence-corrected chi connectivity index (χ1v) is 10.5. The van der Waals surface area contributed by atoms with Crippen LogP contribution >= 0.6 is 0 Å². The smallest absolute Gasteiger partial charge is 0.288 e. The Balaban J connectivity index is 1.93. The van der Waals surface area contributed by atoms with Gasteiger partial charge in [0.1, 0.15) is 23.3 Å². The van der Waals surface area contributed by atoms with Crippen LogP contribution in [0.5, 0.6) is 11.5 Å². The van der Waals surface area contributed by atoms with Gasteiger partial charge < -0.3 is 4.74 Å². The van der Waals surface area contributed by atoms with Gasteiger partial charge in [0.2, 0.25) is 10.0 Å². The molecule has 29 heavy (non-hydrogen) atoms. The summed E-state index contributed by atoms with van der Waals surface area (Å²) in [5.74, 6) is 0.989. The molecule has 0 saturated heterocycles. The standard InChI is InChI=1S/C19H17N5O4S/c1-12-8-16(24-11-21-22-19(25)18(12)24)15-9-13(23-29(2,26)27)5-6-17(15)28-14-4-3-7-20-10-14/h3-11,23H,1-2H3,(H,22,25). The van der Waals surface area contributed by atoms with Crippen LogP contribution < -0.4 is 15.0 Å². The van der Waals surface area contributed by atoms with Gasteiger partial charge >= 0.3 is 0 Å². The van der Waals surface area contributed by atoms with Crippen molar-refractivity contribution in [2.24, 2.45) is 0 Å². The van der Waals surface area contributed by atoms with Crippen LogP contribution in [0.25, 0.3) is 16.8 Å². The molecule has 148 valence electrons. The molecule has 10 heteroatoms. The summed E-state index contributed by atoms with van der Waals surface area (Å²) in [6, 6.07) is 10.2. The molecule has 0 aliphatic heterocycles. The Bertz CT molecular complexity index is 1360. The maximum Gasteiger partial charge on any atom is 0.288 e. The summed E-state index contributed by atoms with van der Waals surface area (Å²) in [7, 11) is -3.47. The molecule has 9 nitrogen and oxygen atoms in total. The summed E-state index contributed by atoms with van der Waals surface area (Å²) in [6.07, 6.45) is 5.77. The largest absolute Gasteiger partial charge is 0.455 e. The van der Waals surface area contributed by atoms with Crippen molar-refractivity contribution in [3.63, 3.8) is 0 Å². The van der Waals surface area contributed by atoms with E-state index in [9.17, 15) is 13.2 Å². The van der Waals surface area contributed by atoms with Crippen molar-refractivity contribution in [2.75, 3.05) is 11.0 Å². The number of nitrogens with one attached hydrogen (secondary N) is 2. The highest BCUT2D eigenvalue weighted by atomic mass is 32.2. The number of aryl methyl sites for hydroxylation is 1. The molecule has 2 N–H and O–H groups in total. The highest BCUT2D eigenvalue weighted by Gasteiger charge is 2.17.